The van der Waals surface area contributed by atoms with Gasteiger partial charge in [-0.1, -0.05) is 6.58 Å². The van der Waals surface area contributed by atoms with Crippen LogP contribution >= 0.6 is 11.6 Å². The fraction of sp³-hybridized carbons (Fsp3) is 0.667. The molecule has 0 saturated heterocycles. The van der Waals surface area contributed by atoms with E-state index in [0.29, 0.717) is 12.2 Å². The molecule has 0 bridgehead atoms. The van der Waals surface area contributed by atoms with Gasteiger partial charge in [0.25, 0.3) is 0 Å². The van der Waals surface area contributed by atoms with Crippen LogP contribution in [-0.2, 0) is 9.53 Å². The number of quaternary nitrogens is 1. The van der Waals surface area contributed by atoms with E-state index >= 15 is 0 Å². The summed E-state index contributed by atoms with van der Waals surface area (Å²) in [5, 5.41) is 0. The predicted molar refractivity (Wildman–Crippen MR) is 53.7 cm³/mol. The second-order valence-electron chi connectivity index (χ2n) is 3.89. The standard InChI is InChI=1S/C9H17ClNO2/c1-8(7-10)9(12)13-6-5-11(2,3)4/h1,5-7H2,2-4H3/q+1. The average molecular weight is 207 g/mol. The van der Waals surface area contributed by atoms with Crippen molar-refractivity contribution in [3.05, 3.63) is 12.2 Å². The molecule has 0 amide bonds. The molecule has 0 aliphatic carbocycles. The van der Waals surface area contributed by atoms with Crippen molar-refractivity contribution >= 4 is 17.6 Å². The van der Waals surface area contributed by atoms with Crippen molar-refractivity contribution in [2.24, 2.45) is 0 Å². The van der Waals surface area contributed by atoms with Gasteiger partial charge in [0.1, 0.15) is 13.2 Å². The number of likely N-dealkylation sites (N-methyl/N-ethyl adjacent to an activating group) is 1. The minimum atomic E-state index is -0.400. The van der Waals surface area contributed by atoms with E-state index in [0.717, 1.165) is 11.0 Å². The van der Waals surface area contributed by atoms with Crippen LogP contribution in [0.15, 0.2) is 12.2 Å². The molecule has 0 aromatic rings. The van der Waals surface area contributed by atoms with Gasteiger partial charge in [-0.25, -0.2) is 4.79 Å². The van der Waals surface area contributed by atoms with Crippen LogP contribution in [0.2, 0.25) is 0 Å². The summed E-state index contributed by atoms with van der Waals surface area (Å²) in [6.07, 6.45) is 0. The van der Waals surface area contributed by atoms with E-state index in [1.807, 2.05) is 21.1 Å². The first-order valence-corrected chi connectivity index (χ1v) is 4.61. The Morgan fingerprint density at radius 1 is 1.46 bits per heavy atom. The molecule has 0 aliphatic rings. The van der Waals surface area contributed by atoms with E-state index in [1.54, 1.807) is 0 Å². The highest BCUT2D eigenvalue weighted by atomic mass is 35.5. The maximum atomic E-state index is 11.0. The fourth-order valence-corrected chi connectivity index (χ4v) is 0.678. The Balaban J connectivity index is 3.66. The Hall–Kier alpha value is -0.540. The summed E-state index contributed by atoms with van der Waals surface area (Å²) in [6, 6.07) is 0. The minimum Gasteiger partial charge on any atom is -0.456 e. The SMILES string of the molecule is C=C(CCl)C(=O)OCC[N+](C)(C)C. The lowest BCUT2D eigenvalue weighted by Gasteiger charge is -2.23. The molecule has 0 aromatic carbocycles. The Labute approximate surface area is 84.5 Å². The van der Waals surface area contributed by atoms with E-state index in [2.05, 4.69) is 6.58 Å². The highest BCUT2D eigenvalue weighted by Crippen LogP contribution is 1.98. The lowest BCUT2D eigenvalue weighted by atomic mass is 10.4. The van der Waals surface area contributed by atoms with Crippen LogP contribution in [0.5, 0.6) is 0 Å². The molecule has 0 atom stereocenters. The van der Waals surface area contributed by atoms with Gasteiger partial charge < -0.3 is 9.22 Å². The molecule has 0 spiro atoms. The van der Waals surface area contributed by atoms with Crippen LogP contribution in [0.1, 0.15) is 0 Å². The molecule has 0 N–H and O–H groups in total. The van der Waals surface area contributed by atoms with Gasteiger partial charge in [-0.3, -0.25) is 0 Å². The maximum absolute atomic E-state index is 11.0. The lowest BCUT2D eigenvalue weighted by molar-refractivity contribution is -0.870. The number of carbonyl (C=O) groups excluding carboxylic acids is 1. The average Bonchev–Trinajstić information content (AvgIpc) is 2.00. The molecular weight excluding hydrogens is 190 g/mol. The predicted octanol–water partition coefficient (Wildman–Crippen LogP) is 1.03. The van der Waals surface area contributed by atoms with Crippen LogP contribution in [0, 0.1) is 0 Å². The number of carbonyl (C=O) groups is 1. The molecule has 0 heterocycles. The molecule has 13 heavy (non-hydrogen) atoms. The number of ether oxygens (including phenoxy) is 1. The molecule has 0 radical (unpaired) electrons. The third kappa shape index (κ3) is 6.61. The van der Waals surface area contributed by atoms with Gasteiger partial charge in [0.15, 0.2) is 0 Å². The molecule has 0 fully saturated rings. The number of alkyl halides is 1. The number of rotatable bonds is 5. The van der Waals surface area contributed by atoms with Crippen LogP contribution in [0.25, 0.3) is 0 Å². The topological polar surface area (TPSA) is 26.3 Å². The van der Waals surface area contributed by atoms with Crippen molar-refractivity contribution in [2.75, 3.05) is 40.2 Å². The van der Waals surface area contributed by atoms with Gasteiger partial charge in [-0.15, -0.1) is 11.6 Å². The zero-order valence-electron chi connectivity index (χ0n) is 8.47. The van der Waals surface area contributed by atoms with Crippen LogP contribution in [0.3, 0.4) is 0 Å². The monoisotopic (exact) mass is 206 g/mol. The van der Waals surface area contributed by atoms with Gasteiger partial charge in [0.2, 0.25) is 0 Å². The highest BCUT2D eigenvalue weighted by Gasteiger charge is 2.10. The zero-order chi connectivity index (χ0) is 10.5. The first-order valence-electron chi connectivity index (χ1n) is 4.08. The van der Waals surface area contributed by atoms with Crippen molar-refractivity contribution < 1.29 is 14.0 Å². The molecule has 0 aliphatic heterocycles. The lowest BCUT2D eigenvalue weighted by Crippen LogP contribution is -2.38. The minimum absolute atomic E-state index is 0.128. The number of halogens is 1. The summed E-state index contributed by atoms with van der Waals surface area (Å²) in [7, 11) is 6.10. The molecule has 4 heteroatoms. The third-order valence-corrected chi connectivity index (χ3v) is 1.77. The van der Waals surface area contributed by atoms with E-state index in [1.165, 1.54) is 0 Å². The van der Waals surface area contributed by atoms with E-state index < -0.39 is 5.97 Å². The Bertz CT molecular complexity index is 196. The summed E-state index contributed by atoms with van der Waals surface area (Å²) in [4.78, 5) is 11.0. The fourth-order valence-electron chi connectivity index (χ4n) is 0.569. The van der Waals surface area contributed by atoms with E-state index in [4.69, 9.17) is 16.3 Å². The van der Waals surface area contributed by atoms with E-state index in [9.17, 15) is 4.79 Å². The molecule has 0 saturated carbocycles. The molecule has 3 nitrogen and oxygen atoms in total. The number of nitrogens with zero attached hydrogens (tertiary/aromatic N) is 1. The number of hydrogen-bond donors (Lipinski definition) is 0. The van der Waals surface area contributed by atoms with Crippen molar-refractivity contribution in [3.8, 4) is 0 Å². The summed E-state index contributed by atoms with van der Waals surface area (Å²) >= 11 is 5.41. The van der Waals surface area contributed by atoms with Crippen molar-refractivity contribution in [1.82, 2.24) is 0 Å². The van der Waals surface area contributed by atoms with Crippen LogP contribution < -0.4 is 0 Å². The smallest absolute Gasteiger partial charge is 0.334 e. The summed E-state index contributed by atoms with van der Waals surface area (Å²) < 4.78 is 5.70. The van der Waals surface area contributed by atoms with Gasteiger partial charge in [0, 0.05) is 5.57 Å². The van der Waals surface area contributed by atoms with Gasteiger partial charge in [-0.2, -0.15) is 0 Å². The van der Waals surface area contributed by atoms with Gasteiger partial charge in [0.05, 0.1) is 27.0 Å². The Morgan fingerprint density at radius 3 is 2.38 bits per heavy atom. The van der Waals surface area contributed by atoms with Crippen molar-refractivity contribution in [1.29, 1.82) is 0 Å². The van der Waals surface area contributed by atoms with Gasteiger partial charge >= 0.3 is 5.97 Å². The van der Waals surface area contributed by atoms with Crippen LogP contribution in [0.4, 0.5) is 0 Å². The highest BCUT2D eigenvalue weighted by molar-refractivity contribution is 6.22. The second-order valence-corrected chi connectivity index (χ2v) is 4.15. The normalized spacial score (nSPS) is 11.1. The summed E-state index contributed by atoms with van der Waals surface area (Å²) in [6.45, 7) is 4.66. The molecule has 0 rings (SSSR count). The summed E-state index contributed by atoms with van der Waals surface area (Å²) in [5.41, 5.74) is 0.308. The molecule has 0 unspecified atom stereocenters. The van der Waals surface area contributed by atoms with Crippen molar-refractivity contribution in [2.45, 2.75) is 0 Å². The maximum Gasteiger partial charge on any atom is 0.334 e. The third-order valence-electron chi connectivity index (χ3n) is 1.45. The molecule has 0 aromatic heterocycles. The number of esters is 1. The second kappa shape index (κ2) is 5.25. The number of hydrogen-bond acceptors (Lipinski definition) is 2. The largest absolute Gasteiger partial charge is 0.456 e. The van der Waals surface area contributed by atoms with Crippen LogP contribution in [-0.4, -0.2) is 50.6 Å². The quantitative estimate of drug-likeness (QED) is 0.291. The first-order chi connectivity index (χ1) is 5.87. The molecular formula is C9H17ClNO2+. The first kappa shape index (κ1) is 12.5. The summed E-state index contributed by atoms with van der Waals surface area (Å²) in [5.74, 6) is -0.271. The van der Waals surface area contributed by atoms with E-state index in [-0.39, 0.29) is 5.88 Å². The van der Waals surface area contributed by atoms with Crippen molar-refractivity contribution in [3.63, 3.8) is 0 Å². The van der Waals surface area contributed by atoms with Gasteiger partial charge in [-0.05, 0) is 0 Å². The Morgan fingerprint density at radius 2 is 2.00 bits per heavy atom. The zero-order valence-corrected chi connectivity index (χ0v) is 9.23. The molecule has 76 valence electrons. The Kier molecular flexibility index (Phi) is 5.03.